The fourth-order valence-corrected chi connectivity index (χ4v) is 3.26. The van der Waals surface area contributed by atoms with E-state index in [9.17, 15) is 9.59 Å². The van der Waals surface area contributed by atoms with Crippen molar-refractivity contribution < 1.29 is 14.3 Å². The zero-order valence-corrected chi connectivity index (χ0v) is 13.8. The average Bonchev–Trinajstić information content (AvgIpc) is 3.09. The van der Waals surface area contributed by atoms with Crippen molar-refractivity contribution in [3.05, 3.63) is 89.7 Å². The van der Waals surface area contributed by atoms with Gasteiger partial charge in [-0.25, -0.2) is 4.79 Å². The Morgan fingerprint density at radius 3 is 2.38 bits per heavy atom. The van der Waals surface area contributed by atoms with Crippen LogP contribution in [-0.2, 0) is 4.74 Å². The average molecular weight is 337 g/mol. The smallest absolute Gasteiger partial charge is 0.339 e. The molecule has 0 amide bonds. The summed E-state index contributed by atoms with van der Waals surface area (Å²) < 4.78 is 6.58. The van der Waals surface area contributed by atoms with E-state index in [0.29, 0.717) is 16.8 Å². The van der Waals surface area contributed by atoms with Crippen molar-refractivity contribution in [2.75, 3.05) is 7.11 Å². The third-order valence-corrected chi connectivity index (χ3v) is 4.54. The number of aromatic nitrogens is 1. The van der Waals surface area contributed by atoms with E-state index in [2.05, 4.69) is 0 Å². The summed E-state index contributed by atoms with van der Waals surface area (Å²) in [5, 5.41) is 0. The highest BCUT2D eigenvalue weighted by Crippen LogP contribution is 2.27. The number of ether oxygens (including phenoxy) is 1. The van der Waals surface area contributed by atoms with Gasteiger partial charge in [-0.3, -0.25) is 8.77 Å². The van der Waals surface area contributed by atoms with Crippen LogP contribution >= 0.6 is 11.9 Å². The molecule has 0 aliphatic rings. The van der Waals surface area contributed by atoms with Crippen LogP contribution in [0.1, 0.15) is 26.4 Å². The summed E-state index contributed by atoms with van der Waals surface area (Å²) in [6, 6.07) is 19.8. The van der Waals surface area contributed by atoms with Gasteiger partial charge in [-0.1, -0.05) is 42.5 Å². The monoisotopic (exact) mass is 337 g/mol. The van der Waals surface area contributed by atoms with Crippen molar-refractivity contribution >= 4 is 23.7 Å². The molecule has 120 valence electrons. The number of carbonyl (C=O) groups excluding carboxylic acids is 2. The first-order chi connectivity index (χ1) is 11.7. The molecule has 4 nitrogen and oxygen atoms in total. The standard InChI is InChI=1S/C19H15NO3S/c1-23-19(22)15-10-5-6-12-17(15)24-20-13-7-11-16(20)18(21)14-8-3-2-4-9-14/h2-13H,1H3. The van der Waals surface area contributed by atoms with Gasteiger partial charge in [0.2, 0.25) is 5.78 Å². The highest BCUT2D eigenvalue weighted by molar-refractivity contribution is 7.98. The number of esters is 1. The number of hydrogen-bond acceptors (Lipinski definition) is 4. The molecule has 0 N–H and O–H groups in total. The number of methoxy groups -OCH3 is 1. The lowest BCUT2D eigenvalue weighted by atomic mass is 10.1. The molecule has 0 bridgehead atoms. The van der Waals surface area contributed by atoms with Crippen LogP contribution in [-0.4, -0.2) is 22.8 Å². The molecule has 0 saturated heterocycles. The lowest BCUT2D eigenvalue weighted by molar-refractivity contribution is 0.0596. The summed E-state index contributed by atoms with van der Waals surface area (Å²) in [5.74, 6) is -0.468. The van der Waals surface area contributed by atoms with E-state index in [-0.39, 0.29) is 5.78 Å². The predicted octanol–water partition coefficient (Wildman–Crippen LogP) is 4.06. The molecule has 0 saturated carbocycles. The van der Waals surface area contributed by atoms with Crippen LogP contribution in [0.15, 0.2) is 77.8 Å². The lowest BCUT2D eigenvalue weighted by Crippen LogP contribution is -2.07. The molecule has 2 aromatic carbocycles. The zero-order valence-electron chi connectivity index (χ0n) is 13.0. The second-order valence-corrected chi connectivity index (χ2v) is 6.01. The largest absolute Gasteiger partial charge is 0.465 e. The Balaban J connectivity index is 1.93. The Labute approximate surface area is 144 Å². The normalized spacial score (nSPS) is 10.4. The summed E-state index contributed by atoms with van der Waals surface area (Å²) in [6.07, 6.45) is 1.80. The van der Waals surface area contributed by atoms with E-state index in [0.717, 1.165) is 4.90 Å². The van der Waals surface area contributed by atoms with E-state index in [1.54, 1.807) is 40.5 Å². The van der Waals surface area contributed by atoms with Crippen molar-refractivity contribution in [3.63, 3.8) is 0 Å². The fourth-order valence-electron chi connectivity index (χ4n) is 2.29. The second-order valence-electron chi connectivity index (χ2n) is 4.99. The SMILES string of the molecule is COC(=O)c1ccccc1Sn1cccc1C(=O)c1ccccc1. The third-order valence-electron chi connectivity index (χ3n) is 3.47. The van der Waals surface area contributed by atoms with Crippen molar-refractivity contribution in [3.8, 4) is 0 Å². The first kappa shape index (κ1) is 16.1. The van der Waals surface area contributed by atoms with Gasteiger partial charge in [-0.2, -0.15) is 0 Å². The highest BCUT2D eigenvalue weighted by Gasteiger charge is 2.17. The van der Waals surface area contributed by atoms with Crippen LogP contribution in [0, 0.1) is 0 Å². The van der Waals surface area contributed by atoms with Gasteiger partial charge in [0.15, 0.2) is 0 Å². The summed E-state index contributed by atoms with van der Waals surface area (Å²) >= 11 is 1.31. The molecule has 0 atom stereocenters. The van der Waals surface area contributed by atoms with Gasteiger partial charge < -0.3 is 4.74 Å². The Bertz CT molecular complexity index is 871. The number of hydrogen-bond donors (Lipinski definition) is 0. The first-order valence-corrected chi connectivity index (χ1v) is 8.11. The molecular weight excluding hydrogens is 322 g/mol. The van der Waals surface area contributed by atoms with Gasteiger partial charge in [0, 0.05) is 16.7 Å². The van der Waals surface area contributed by atoms with Crippen LogP contribution < -0.4 is 0 Å². The molecule has 0 fully saturated rings. The Morgan fingerprint density at radius 2 is 1.62 bits per heavy atom. The van der Waals surface area contributed by atoms with Gasteiger partial charge in [0.05, 0.1) is 12.7 Å². The Morgan fingerprint density at radius 1 is 0.917 bits per heavy atom. The summed E-state index contributed by atoms with van der Waals surface area (Å²) in [5.41, 5.74) is 1.64. The van der Waals surface area contributed by atoms with Crippen LogP contribution in [0.25, 0.3) is 0 Å². The molecule has 5 heteroatoms. The minimum Gasteiger partial charge on any atom is -0.465 e. The van der Waals surface area contributed by atoms with Crippen molar-refractivity contribution in [2.45, 2.75) is 4.90 Å². The summed E-state index contributed by atoms with van der Waals surface area (Å²) in [4.78, 5) is 25.3. The van der Waals surface area contributed by atoms with E-state index < -0.39 is 5.97 Å². The number of carbonyl (C=O) groups is 2. The quantitative estimate of drug-likeness (QED) is 0.520. The molecule has 0 radical (unpaired) electrons. The van der Waals surface area contributed by atoms with Gasteiger partial charge >= 0.3 is 5.97 Å². The molecule has 0 aliphatic carbocycles. The molecular formula is C19H15NO3S. The summed E-state index contributed by atoms with van der Waals surface area (Å²) in [7, 11) is 1.35. The number of benzene rings is 2. The topological polar surface area (TPSA) is 48.3 Å². The van der Waals surface area contributed by atoms with Gasteiger partial charge in [0.25, 0.3) is 0 Å². The van der Waals surface area contributed by atoms with Crippen molar-refractivity contribution in [2.24, 2.45) is 0 Å². The maximum atomic E-state index is 12.7. The third kappa shape index (κ3) is 3.26. The number of rotatable bonds is 5. The summed E-state index contributed by atoms with van der Waals surface area (Å²) in [6.45, 7) is 0. The molecule has 0 aliphatic heterocycles. The van der Waals surface area contributed by atoms with E-state index in [4.69, 9.17) is 4.74 Å². The molecule has 0 unspecified atom stereocenters. The van der Waals surface area contributed by atoms with Crippen LogP contribution in [0.3, 0.4) is 0 Å². The van der Waals surface area contributed by atoms with Gasteiger partial charge in [-0.05, 0) is 36.2 Å². The van der Waals surface area contributed by atoms with Gasteiger partial charge in [0.1, 0.15) is 5.69 Å². The van der Waals surface area contributed by atoms with E-state index >= 15 is 0 Å². The first-order valence-electron chi connectivity index (χ1n) is 7.33. The predicted molar refractivity (Wildman–Crippen MR) is 93.3 cm³/mol. The minimum absolute atomic E-state index is 0.0661. The second kappa shape index (κ2) is 7.19. The molecule has 3 aromatic rings. The van der Waals surface area contributed by atoms with Gasteiger partial charge in [-0.15, -0.1) is 0 Å². The molecule has 1 heterocycles. The van der Waals surface area contributed by atoms with Crippen LogP contribution in [0.4, 0.5) is 0 Å². The van der Waals surface area contributed by atoms with E-state index in [1.165, 1.54) is 19.1 Å². The molecule has 1 aromatic heterocycles. The van der Waals surface area contributed by atoms with Crippen molar-refractivity contribution in [1.29, 1.82) is 0 Å². The molecule has 0 spiro atoms. The van der Waals surface area contributed by atoms with E-state index in [1.807, 2.05) is 36.4 Å². The number of ketones is 1. The molecule has 24 heavy (non-hydrogen) atoms. The Hall–Kier alpha value is -2.79. The Kier molecular flexibility index (Phi) is 4.82. The zero-order chi connectivity index (χ0) is 16.9. The number of nitrogens with zero attached hydrogens (tertiary/aromatic N) is 1. The van der Waals surface area contributed by atoms with Crippen molar-refractivity contribution in [1.82, 2.24) is 3.97 Å². The van der Waals surface area contributed by atoms with Crippen LogP contribution in [0.5, 0.6) is 0 Å². The minimum atomic E-state index is -0.402. The fraction of sp³-hybridized carbons (Fsp3) is 0.0526. The maximum Gasteiger partial charge on any atom is 0.339 e. The molecule has 3 rings (SSSR count). The highest BCUT2D eigenvalue weighted by atomic mass is 32.2. The lowest BCUT2D eigenvalue weighted by Gasteiger charge is -2.10. The van der Waals surface area contributed by atoms with Crippen LogP contribution in [0.2, 0.25) is 0 Å². The maximum absolute atomic E-state index is 12.7.